The Hall–Kier alpha value is -1.95. The Morgan fingerprint density at radius 1 is 1.11 bits per heavy atom. The second-order valence-electron chi connectivity index (χ2n) is 4.00. The maximum absolute atomic E-state index is 12.8. The van der Waals surface area contributed by atoms with Crippen LogP contribution in [0.1, 0.15) is 5.56 Å². The Morgan fingerprint density at radius 2 is 1.95 bits per heavy atom. The van der Waals surface area contributed by atoms with E-state index in [2.05, 4.69) is 19.9 Å². The van der Waals surface area contributed by atoms with Gasteiger partial charge in [0.05, 0.1) is 6.33 Å². The van der Waals surface area contributed by atoms with Gasteiger partial charge in [0.25, 0.3) is 0 Å². The Morgan fingerprint density at radius 3 is 2.79 bits per heavy atom. The molecule has 0 aliphatic carbocycles. The lowest BCUT2D eigenvalue weighted by Gasteiger charge is -2.02. The van der Waals surface area contributed by atoms with E-state index in [0.717, 1.165) is 28.3 Å². The number of thioether (sulfide) groups is 1. The van der Waals surface area contributed by atoms with Crippen LogP contribution >= 0.6 is 11.8 Å². The molecule has 0 radical (unpaired) electrons. The fraction of sp³-hybridized carbons (Fsp3) is 0.154. The fourth-order valence-electron chi connectivity index (χ4n) is 1.77. The van der Waals surface area contributed by atoms with Crippen molar-refractivity contribution in [2.24, 2.45) is 0 Å². The SMILES string of the molecule is Fc1ccc(CCSc2ncnc3nc[nH]c23)cc1. The van der Waals surface area contributed by atoms with Crippen molar-refractivity contribution < 1.29 is 4.39 Å². The molecule has 0 amide bonds. The lowest BCUT2D eigenvalue weighted by atomic mass is 10.2. The molecule has 19 heavy (non-hydrogen) atoms. The molecule has 3 rings (SSSR count). The molecular weight excluding hydrogens is 263 g/mol. The van der Waals surface area contributed by atoms with Crippen molar-refractivity contribution in [2.75, 3.05) is 5.75 Å². The van der Waals surface area contributed by atoms with Crippen LogP contribution in [0, 0.1) is 5.82 Å². The number of hydrogen-bond donors (Lipinski definition) is 1. The third kappa shape index (κ3) is 2.73. The summed E-state index contributed by atoms with van der Waals surface area (Å²) in [5.41, 5.74) is 2.66. The monoisotopic (exact) mass is 274 g/mol. The number of imidazole rings is 1. The molecule has 1 aromatic carbocycles. The standard InChI is InChI=1S/C13H11FN4S/c14-10-3-1-9(2-4-10)5-6-19-13-11-12(16-7-15-11)17-8-18-13/h1-4,7-8H,5-6H2,(H,15,16,17,18). The summed E-state index contributed by atoms with van der Waals surface area (Å²) in [6.45, 7) is 0. The zero-order valence-corrected chi connectivity index (χ0v) is 10.8. The van der Waals surface area contributed by atoms with Gasteiger partial charge in [-0.3, -0.25) is 0 Å². The largest absolute Gasteiger partial charge is 0.341 e. The van der Waals surface area contributed by atoms with E-state index in [9.17, 15) is 4.39 Å². The summed E-state index contributed by atoms with van der Waals surface area (Å²) >= 11 is 1.64. The van der Waals surface area contributed by atoms with E-state index < -0.39 is 0 Å². The zero-order valence-electron chi connectivity index (χ0n) is 10.0. The maximum atomic E-state index is 12.8. The summed E-state index contributed by atoms with van der Waals surface area (Å²) < 4.78 is 12.8. The highest BCUT2D eigenvalue weighted by molar-refractivity contribution is 7.99. The first-order chi connectivity index (χ1) is 9.33. The highest BCUT2D eigenvalue weighted by Crippen LogP contribution is 2.22. The maximum Gasteiger partial charge on any atom is 0.181 e. The van der Waals surface area contributed by atoms with E-state index >= 15 is 0 Å². The highest BCUT2D eigenvalue weighted by atomic mass is 32.2. The first kappa shape index (κ1) is 12.1. The summed E-state index contributed by atoms with van der Waals surface area (Å²) in [6.07, 6.45) is 4.00. The summed E-state index contributed by atoms with van der Waals surface area (Å²) in [7, 11) is 0. The summed E-state index contributed by atoms with van der Waals surface area (Å²) in [5, 5.41) is 0.893. The number of aromatic amines is 1. The van der Waals surface area contributed by atoms with Crippen LogP contribution in [0.4, 0.5) is 4.39 Å². The van der Waals surface area contributed by atoms with Gasteiger partial charge < -0.3 is 4.98 Å². The second kappa shape index (κ2) is 5.36. The Balaban J connectivity index is 1.66. The van der Waals surface area contributed by atoms with Crippen LogP contribution in [0.3, 0.4) is 0 Å². The van der Waals surface area contributed by atoms with Gasteiger partial charge in [0.15, 0.2) is 5.65 Å². The fourth-order valence-corrected chi connectivity index (χ4v) is 2.72. The number of fused-ring (bicyclic) bond motifs is 1. The molecule has 0 fully saturated rings. The summed E-state index contributed by atoms with van der Waals surface area (Å²) in [5.74, 6) is 0.669. The van der Waals surface area contributed by atoms with Gasteiger partial charge in [0, 0.05) is 5.75 Å². The molecule has 0 unspecified atom stereocenters. The van der Waals surface area contributed by atoms with Gasteiger partial charge in [-0.1, -0.05) is 12.1 Å². The van der Waals surface area contributed by atoms with E-state index in [4.69, 9.17) is 0 Å². The molecule has 96 valence electrons. The summed E-state index contributed by atoms with van der Waals surface area (Å²) in [6, 6.07) is 6.58. The van der Waals surface area contributed by atoms with E-state index in [1.54, 1.807) is 18.1 Å². The van der Waals surface area contributed by atoms with Gasteiger partial charge in [-0.15, -0.1) is 11.8 Å². The number of hydrogen-bond acceptors (Lipinski definition) is 4. The normalized spacial score (nSPS) is 11.0. The number of aromatic nitrogens is 4. The number of halogens is 1. The van der Waals surface area contributed by atoms with E-state index in [1.807, 2.05) is 12.1 Å². The van der Waals surface area contributed by atoms with Crippen molar-refractivity contribution in [1.82, 2.24) is 19.9 Å². The molecule has 4 nitrogen and oxygen atoms in total. The third-order valence-electron chi connectivity index (χ3n) is 2.73. The number of benzene rings is 1. The lowest BCUT2D eigenvalue weighted by molar-refractivity contribution is 0.627. The van der Waals surface area contributed by atoms with Gasteiger partial charge in [0.1, 0.15) is 22.7 Å². The van der Waals surface area contributed by atoms with Crippen molar-refractivity contribution >= 4 is 22.9 Å². The minimum atomic E-state index is -0.202. The van der Waals surface area contributed by atoms with Gasteiger partial charge in [0.2, 0.25) is 0 Å². The Labute approximate surface area is 113 Å². The van der Waals surface area contributed by atoms with Crippen LogP contribution in [0.15, 0.2) is 41.9 Å². The van der Waals surface area contributed by atoms with Crippen molar-refractivity contribution in [3.8, 4) is 0 Å². The number of nitrogens with one attached hydrogen (secondary N) is 1. The lowest BCUT2D eigenvalue weighted by Crippen LogP contribution is -1.91. The number of H-pyrrole nitrogens is 1. The molecule has 0 atom stereocenters. The quantitative estimate of drug-likeness (QED) is 0.587. The molecular formula is C13H11FN4S. The Bertz CT molecular complexity index is 680. The molecule has 0 saturated heterocycles. The molecule has 6 heteroatoms. The van der Waals surface area contributed by atoms with Crippen LogP contribution in [-0.2, 0) is 6.42 Å². The second-order valence-corrected chi connectivity index (χ2v) is 5.09. The number of nitrogens with zero attached hydrogens (tertiary/aromatic N) is 3. The van der Waals surface area contributed by atoms with Crippen molar-refractivity contribution in [2.45, 2.75) is 11.4 Å². The molecule has 0 aliphatic rings. The van der Waals surface area contributed by atoms with Crippen LogP contribution in [0.5, 0.6) is 0 Å². The zero-order chi connectivity index (χ0) is 13.1. The van der Waals surface area contributed by atoms with Gasteiger partial charge >= 0.3 is 0 Å². The van der Waals surface area contributed by atoms with Gasteiger partial charge in [-0.25, -0.2) is 19.3 Å². The summed E-state index contributed by atoms with van der Waals surface area (Å²) in [4.78, 5) is 15.4. The first-order valence-electron chi connectivity index (χ1n) is 5.84. The van der Waals surface area contributed by atoms with E-state index in [0.29, 0.717) is 5.65 Å². The van der Waals surface area contributed by atoms with Gasteiger partial charge in [-0.05, 0) is 24.1 Å². The number of aryl methyl sites for hydroxylation is 1. The van der Waals surface area contributed by atoms with Crippen LogP contribution < -0.4 is 0 Å². The molecule has 0 aliphatic heterocycles. The third-order valence-corrected chi connectivity index (χ3v) is 3.72. The van der Waals surface area contributed by atoms with Gasteiger partial charge in [-0.2, -0.15) is 0 Å². The molecule has 1 N–H and O–H groups in total. The van der Waals surface area contributed by atoms with Crippen LogP contribution in [0.2, 0.25) is 0 Å². The average Bonchev–Trinajstić information content (AvgIpc) is 2.90. The topological polar surface area (TPSA) is 54.5 Å². The predicted octanol–water partition coefficient (Wildman–Crippen LogP) is 2.83. The van der Waals surface area contributed by atoms with E-state index in [-0.39, 0.29) is 5.82 Å². The molecule has 3 aromatic rings. The minimum Gasteiger partial charge on any atom is -0.341 e. The molecule has 0 saturated carbocycles. The van der Waals surface area contributed by atoms with Crippen molar-refractivity contribution in [3.05, 3.63) is 48.3 Å². The minimum absolute atomic E-state index is 0.202. The molecule has 2 aromatic heterocycles. The smallest absolute Gasteiger partial charge is 0.181 e. The molecule has 0 bridgehead atoms. The Kier molecular flexibility index (Phi) is 3.41. The van der Waals surface area contributed by atoms with Crippen LogP contribution in [0.25, 0.3) is 11.2 Å². The average molecular weight is 274 g/mol. The van der Waals surface area contributed by atoms with E-state index in [1.165, 1.54) is 18.5 Å². The predicted molar refractivity (Wildman–Crippen MR) is 72.5 cm³/mol. The molecule has 2 heterocycles. The highest BCUT2D eigenvalue weighted by Gasteiger charge is 2.06. The number of rotatable bonds is 4. The molecule has 0 spiro atoms. The van der Waals surface area contributed by atoms with Crippen LogP contribution in [-0.4, -0.2) is 25.7 Å². The van der Waals surface area contributed by atoms with Crippen molar-refractivity contribution in [1.29, 1.82) is 0 Å². The van der Waals surface area contributed by atoms with Crippen molar-refractivity contribution in [3.63, 3.8) is 0 Å². The first-order valence-corrected chi connectivity index (χ1v) is 6.83.